The molecule has 0 aromatic carbocycles. The first-order valence-corrected chi connectivity index (χ1v) is 9.61. The number of rotatable bonds is 12. The molecule has 0 heterocycles. The van der Waals surface area contributed by atoms with Crippen LogP contribution >= 0.6 is 0 Å². The molecule has 0 aromatic heterocycles. The lowest BCUT2D eigenvalue weighted by molar-refractivity contribution is -0.118. The lowest BCUT2D eigenvalue weighted by atomic mass is 9.89. The molecule has 144 valence electrons. The lowest BCUT2D eigenvalue weighted by Crippen LogP contribution is -2.20. The molecule has 0 saturated heterocycles. The maximum absolute atomic E-state index is 10.7. The first kappa shape index (κ1) is 21.9. The second-order valence-electron chi connectivity index (χ2n) is 7.13. The van der Waals surface area contributed by atoms with Crippen molar-refractivity contribution in [3.63, 3.8) is 0 Å². The number of amides is 1. The number of aliphatic hydroxyl groups is 3. The molecule has 5 nitrogen and oxygen atoms in total. The van der Waals surface area contributed by atoms with E-state index in [1.165, 1.54) is 0 Å². The van der Waals surface area contributed by atoms with E-state index in [4.69, 9.17) is 5.73 Å². The van der Waals surface area contributed by atoms with Gasteiger partial charge in [0.15, 0.2) is 0 Å². The standard InChI is InChI=1S/C20H35NO4/c1-2-3-6-9-15(22)12-13-17-16(18(23)14-19(17)24)10-7-4-5-8-11-20(21)25/h4,7,12-13,15-19,22-24H,2-3,5-6,8-11,14H2,1H3,(H2,21,25)/t15-,16+,17+,18-,19+/m0/s1. The van der Waals surface area contributed by atoms with Crippen molar-refractivity contribution in [3.05, 3.63) is 24.3 Å². The molecular weight excluding hydrogens is 318 g/mol. The van der Waals surface area contributed by atoms with Crippen LogP contribution in [0.4, 0.5) is 0 Å². The molecule has 0 spiro atoms. The zero-order valence-corrected chi connectivity index (χ0v) is 15.4. The summed E-state index contributed by atoms with van der Waals surface area (Å²) < 4.78 is 0. The fourth-order valence-corrected chi connectivity index (χ4v) is 3.43. The van der Waals surface area contributed by atoms with Crippen LogP contribution in [0.2, 0.25) is 0 Å². The summed E-state index contributed by atoms with van der Waals surface area (Å²) in [5.74, 6) is -0.460. The monoisotopic (exact) mass is 353 g/mol. The van der Waals surface area contributed by atoms with Gasteiger partial charge in [0.1, 0.15) is 0 Å². The molecule has 0 aromatic rings. The van der Waals surface area contributed by atoms with Crippen LogP contribution in [0, 0.1) is 11.8 Å². The minimum absolute atomic E-state index is 0.0403. The minimum Gasteiger partial charge on any atom is -0.393 e. The highest BCUT2D eigenvalue weighted by Gasteiger charge is 2.39. The highest BCUT2D eigenvalue weighted by molar-refractivity contribution is 5.73. The molecule has 1 amide bonds. The third kappa shape index (κ3) is 8.66. The molecule has 0 bridgehead atoms. The van der Waals surface area contributed by atoms with Crippen molar-refractivity contribution in [2.75, 3.05) is 0 Å². The smallest absolute Gasteiger partial charge is 0.217 e. The Morgan fingerprint density at radius 2 is 1.96 bits per heavy atom. The van der Waals surface area contributed by atoms with Gasteiger partial charge in [-0.1, -0.05) is 50.5 Å². The average molecular weight is 354 g/mol. The third-order valence-electron chi connectivity index (χ3n) is 4.94. The van der Waals surface area contributed by atoms with E-state index in [1.54, 1.807) is 6.08 Å². The second-order valence-corrected chi connectivity index (χ2v) is 7.13. The van der Waals surface area contributed by atoms with E-state index in [0.29, 0.717) is 19.3 Å². The van der Waals surface area contributed by atoms with E-state index in [0.717, 1.165) is 38.5 Å². The van der Waals surface area contributed by atoms with Crippen LogP contribution in [0.5, 0.6) is 0 Å². The van der Waals surface area contributed by atoms with Crippen molar-refractivity contribution in [1.29, 1.82) is 0 Å². The number of hydrogen-bond donors (Lipinski definition) is 4. The quantitative estimate of drug-likeness (QED) is 0.319. The molecule has 25 heavy (non-hydrogen) atoms. The molecule has 1 aliphatic rings. The number of carbonyl (C=O) groups excluding carboxylic acids is 1. The Labute approximate surface area is 151 Å². The summed E-state index contributed by atoms with van der Waals surface area (Å²) in [5, 5.41) is 30.4. The zero-order chi connectivity index (χ0) is 18.7. The molecule has 1 rings (SSSR count). The van der Waals surface area contributed by atoms with E-state index in [2.05, 4.69) is 6.92 Å². The van der Waals surface area contributed by atoms with E-state index < -0.39 is 18.3 Å². The number of hydrogen-bond acceptors (Lipinski definition) is 4. The van der Waals surface area contributed by atoms with Gasteiger partial charge in [0.2, 0.25) is 5.91 Å². The highest BCUT2D eigenvalue weighted by Crippen LogP contribution is 2.36. The number of carbonyl (C=O) groups is 1. The Morgan fingerprint density at radius 3 is 2.64 bits per heavy atom. The van der Waals surface area contributed by atoms with Crippen LogP contribution < -0.4 is 5.73 Å². The van der Waals surface area contributed by atoms with Crippen molar-refractivity contribution >= 4 is 5.91 Å². The number of nitrogens with two attached hydrogens (primary N) is 1. The van der Waals surface area contributed by atoms with Gasteiger partial charge in [0, 0.05) is 18.8 Å². The Hall–Kier alpha value is -1.17. The summed E-state index contributed by atoms with van der Waals surface area (Å²) in [5.41, 5.74) is 5.10. The van der Waals surface area contributed by atoms with Crippen molar-refractivity contribution in [2.45, 2.75) is 83.0 Å². The molecule has 1 fully saturated rings. The van der Waals surface area contributed by atoms with Gasteiger partial charge in [-0.3, -0.25) is 4.79 Å². The second kappa shape index (κ2) is 12.2. The number of primary amides is 1. The van der Waals surface area contributed by atoms with E-state index in [1.807, 2.05) is 18.2 Å². The van der Waals surface area contributed by atoms with Gasteiger partial charge in [-0.25, -0.2) is 0 Å². The highest BCUT2D eigenvalue weighted by atomic mass is 16.3. The molecule has 5 atom stereocenters. The van der Waals surface area contributed by atoms with Gasteiger partial charge in [-0.15, -0.1) is 0 Å². The van der Waals surface area contributed by atoms with Crippen LogP contribution in [0.25, 0.3) is 0 Å². The first-order valence-electron chi connectivity index (χ1n) is 9.61. The topological polar surface area (TPSA) is 104 Å². The van der Waals surface area contributed by atoms with Gasteiger partial charge < -0.3 is 21.1 Å². The van der Waals surface area contributed by atoms with Crippen LogP contribution in [-0.2, 0) is 4.79 Å². The molecule has 0 radical (unpaired) electrons. The predicted molar refractivity (Wildman–Crippen MR) is 99.7 cm³/mol. The summed E-state index contributed by atoms with van der Waals surface area (Å²) in [4.78, 5) is 10.7. The molecule has 0 aliphatic heterocycles. The van der Waals surface area contributed by atoms with E-state index in [-0.39, 0.29) is 17.7 Å². The average Bonchev–Trinajstić information content (AvgIpc) is 2.82. The Balaban J connectivity index is 2.46. The number of unbranched alkanes of at least 4 members (excludes halogenated alkanes) is 3. The number of aliphatic hydroxyl groups excluding tert-OH is 3. The molecule has 1 saturated carbocycles. The SMILES string of the molecule is CCCCC[C@H](O)C=C[C@@H]1[C@@H](CC=CCCCC(N)=O)[C@@H](O)C[C@H]1O. The summed E-state index contributed by atoms with van der Waals surface area (Å²) >= 11 is 0. The van der Waals surface area contributed by atoms with Crippen molar-refractivity contribution in [3.8, 4) is 0 Å². The molecule has 5 heteroatoms. The first-order chi connectivity index (χ1) is 12.0. The molecule has 0 unspecified atom stereocenters. The Bertz CT molecular complexity index is 435. The van der Waals surface area contributed by atoms with E-state index >= 15 is 0 Å². The summed E-state index contributed by atoms with van der Waals surface area (Å²) in [6, 6.07) is 0. The van der Waals surface area contributed by atoms with E-state index in [9.17, 15) is 20.1 Å². The largest absolute Gasteiger partial charge is 0.393 e. The van der Waals surface area contributed by atoms with Crippen LogP contribution in [0.15, 0.2) is 24.3 Å². The van der Waals surface area contributed by atoms with Gasteiger partial charge in [0.05, 0.1) is 18.3 Å². The molecular formula is C20H35NO4. The fourth-order valence-electron chi connectivity index (χ4n) is 3.43. The lowest BCUT2D eigenvalue weighted by Gasteiger charge is -2.19. The van der Waals surface area contributed by atoms with Gasteiger partial charge in [-0.05, 0) is 31.6 Å². The van der Waals surface area contributed by atoms with Crippen molar-refractivity contribution in [1.82, 2.24) is 0 Å². The molecule has 1 aliphatic carbocycles. The van der Waals surface area contributed by atoms with Crippen molar-refractivity contribution < 1.29 is 20.1 Å². The van der Waals surface area contributed by atoms with Crippen LogP contribution in [-0.4, -0.2) is 39.5 Å². The fraction of sp³-hybridized carbons (Fsp3) is 0.750. The van der Waals surface area contributed by atoms with Gasteiger partial charge >= 0.3 is 0 Å². The predicted octanol–water partition coefficient (Wildman–Crippen LogP) is 2.44. The van der Waals surface area contributed by atoms with Gasteiger partial charge in [0.25, 0.3) is 0 Å². The number of allylic oxidation sites excluding steroid dienone is 2. The summed E-state index contributed by atoms with van der Waals surface area (Å²) in [6.45, 7) is 2.13. The van der Waals surface area contributed by atoms with Crippen LogP contribution in [0.3, 0.4) is 0 Å². The zero-order valence-electron chi connectivity index (χ0n) is 15.4. The minimum atomic E-state index is -0.567. The van der Waals surface area contributed by atoms with Gasteiger partial charge in [-0.2, -0.15) is 0 Å². The third-order valence-corrected chi connectivity index (χ3v) is 4.94. The Morgan fingerprint density at radius 1 is 1.20 bits per heavy atom. The normalized spacial score (nSPS) is 28.2. The maximum atomic E-state index is 10.7. The van der Waals surface area contributed by atoms with Crippen LogP contribution in [0.1, 0.15) is 64.7 Å². The molecule has 5 N–H and O–H groups in total. The maximum Gasteiger partial charge on any atom is 0.217 e. The summed E-state index contributed by atoms with van der Waals surface area (Å²) in [7, 11) is 0. The van der Waals surface area contributed by atoms with Crippen molar-refractivity contribution in [2.24, 2.45) is 17.6 Å². The summed E-state index contributed by atoms with van der Waals surface area (Å²) in [6.07, 6.45) is 13.0. The Kier molecular flexibility index (Phi) is 10.7.